The van der Waals surface area contributed by atoms with Gasteiger partial charge in [0.1, 0.15) is 12.3 Å². The number of carbonyl (C=O) groups excluding carboxylic acids is 2. The fourth-order valence-corrected chi connectivity index (χ4v) is 5.09. The fraction of sp³-hybridized carbons (Fsp3) is 0.379. The van der Waals surface area contributed by atoms with Crippen LogP contribution in [-0.2, 0) is 22.6 Å². The topological polar surface area (TPSA) is 77.5 Å². The summed E-state index contributed by atoms with van der Waals surface area (Å²) in [4.78, 5) is 31.8. The van der Waals surface area contributed by atoms with E-state index in [1.165, 1.54) is 0 Å². The van der Waals surface area contributed by atoms with Crippen LogP contribution >= 0.6 is 11.3 Å². The normalized spacial score (nSPS) is 11.9. The van der Waals surface area contributed by atoms with Gasteiger partial charge in [0.25, 0.3) is 5.91 Å². The van der Waals surface area contributed by atoms with E-state index in [1.54, 1.807) is 52.5 Å². The lowest BCUT2D eigenvalue weighted by molar-refractivity contribution is -0.133. The van der Waals surface area contributed by atoms with Crippen molar-refractivity contribution in [1.82, 2.24) is 9.80 Å². The summed E-state index contributed by atoms with van der Waals surface area (Å²) in [5.74, 6) is 1.71. The minimum Gasteiger partial charge on any atom is -0.497 e. The van der Waals surface area contributed by atoms with Crippen LogP contribution in [0.5, 0.6) is 17.2 Å². The number of hydrogen-bond acceptors (Lipinski definition) is 7. The number of hydrogen-bond donors (Lipinski definition) is 0. The summed E-state index contributed by atoms with van der Waals surface area (Å²) in [7, 11) is 1.58. The molecule has 2 heterocycles. The molecule has 8 nitrogen and oxygen atoms in total. The van der Waals surface area contributed by atoms with Crippen LogP contribution in [0.3, 0.4) is 0 Å². The van der Waals surface area contributed by atoms with Crippen LogP contribution in [0.25, 0.3) is 0 Å². The molecule has 9 heteroatoms. The predicted octanol–water partition coefficient (Wildman–Crippen LogP) is 4.89. The maximum absolute atomic E-state index is 13.8. The number of ether oxygens (including phenoxy) is 4. The highest BCUT2D eigenvalue weighted by atomic mass is 32.1. The Balaban J connectivity index is 1.54. The molecule has 0 unspecified atom stereocenters. The SMILES string of the molecule is CCOCCCN(CC(=O)N(Cc1ccc2c(c1)OCO2)Cc1sccc1C)C(=O)c1ccc(OC)cc1. The lowest BCUT2D eigenvalue weighted by Gasteiger charge is -2.28. The van der Waals surface area contributed by atoms with Gasteiger partial charge < -0.3 is 28.7 Å². The lowest BCUT2D eigenvalue weighted by Crippen LogP contribution is -2.43. The Morgan fingerprint density at radius 3 is 2.50 bits per heavy atom. The van der Waals surface area contributed by atoms with E-state index in [-0.39, 0.29) is 25.2 Å². The van der Waals surface area contributed by atoms with Crippen molar-refractivity contribution in [1.29, 1.82) is 0 Å². The largest absolute Gasteiger partial charge is 0.497 e. The molecule has 0 fully saturated rings. The summed E-state index contributed by atoms with van der Waals surface area (Å²) in [5.41, 5.74) is 2.58. The fourth-order valence-electron chi connectivity index (χ4n) is 4.17. The molecule has 0 radical (unpaired) electrons. The number of nitrogens with zero attached hydrogens (tertiary/aromatic N) is 2. The molecule has 202 valence electrons. The number of rotatable bonds is 13. The van der Waals surface area contributed by atoms with Gasteiger partial charge in [-0.15, -0.1) is 11.3 Å². The molecule has 0 atom stereocenters. The first-order valence-corrected chi connectivity index (χ1v) is 13.6. The van der Waals surface area contributed by atoms with E-state index < -0.39 is 0 Å². The van der Waals surface area contributed by atoms with Gasteiger partial charge in [-0.25, -0.2) is 0 Å². The van der Waals surface area contributed by atoms with Gasteiger partial charge in [-0.05, 0) is 79.2 Å². The average Bonchev–Trinajstić information content (AvgIpc) is 3.57. The van der Waals surface area contributed by atoms with Crippen molar-refractivity contribution in [3.63, 3.8) is 0 Å². The van der Waals surface area contributed by atoms with E-state index in [2.05, 4.69) is 6.07 Å². The molecule has 2 amide bonds. The summed E-state index contributed by atoms with van der Waals surface area (Å²) < 4.78 is 21.7. The third kappa shape index (κ3) is 7.05. The Bertz CT molecular complexity index is 1230. The summed E-state index contributed by atoms with van der Waals surface area (Å²) in [6.45, 7) is 6.52. The molecule has 0 N–H and O–H groups in total. The molecule has 38 heavy (non-hydrogen) atoms. The first kappa shape index (κ1) is 27.5. The molecule has 2 aromatic carbocycles. The molecule has 0 saturated heterocycles. The van der Waals surface area contributed by atoms with E-state index >= 15 is 0 Å². The van der Waals surface area contributed by atoms with Gasteiger partial charge in [0.15, 0.2) is 11.5 Å². The molecule has 1 aliphatic heterocycles. The smallest absolute Gasteiger partial charge is 0.254 e. The van der Waals surface area contributed by atoms with Gasteiger partial charge in [-0.3, -0.25) is 9.59 Å². The summed E-state index contributed by atoms with van der Waals surface area (Å²) in [6.07, 6.45) is 0.634. The number of thiophene rings is 1. The number of fused-ring (bicyclic) bond motifs is 1. The molecule has 0 aliphatic carbocycles. The van der Waals surface area contributed by atoms with E-state index in [0.29, 0.717) is 62.1 Å². The van der Waals surface area contributed by atoms with Gasteiger partial charge in [-0.1, -0.05) is 6.07 Å². The van der Waals surface area contributed by atoms with Crippen LogP contribution < -0.4 is 14.2 Å². The highest BCUT2D eigenvalue weighted by Crippen LogP contribution is 2.33. The Kier molecular flexibility index (Phi) is 9.62. The number of amides is 2. The number of methoxy groups -OCH3 is 1. The Labute approximate surface area is 227 Å². The Hall–Kier alpha value is -3.56. The van der Waals surface area contributed by atoms with Gasteiger partial charge in [0.05, 0.1) is 13.7 Å². The van der Waals surface area contributed by atoms with Crippen LogP contribution in [0, 0.1) is 6.92 Å². The molecular formula is C29H34N2O6S. The van der Waals surface area contributed by atoms with Crippen LogP contribution in [-0.4, -0.2) is 61.8 Å². The standard InChI is InChI=1S/C29H34N2O6S/c1-4-35-14-5-13-30(29(33)23-7-9-24(34-3)10-8-23)19-28(32)31(18-27-21(2)12-15-38-27)17-22-6-11-25-26(16-22)37-20-36-25/h6-12,15-16H,4-5,13-14,17-20H2,1-3H3. The summed E-state index contributed by atoms with van der Waals surface area (Å²) in [6, 6.07) is 14.7. The zero-order valence-electron chi connectivity index (χ0n) is 22.1. The molecule has 0 saturated carbocycles. The second-order valence-corrected chi connectivity index (χ2v) is 9.97. The van der Waals surface area contributed by atoms with Crippen molar-refractivity contribution < 1.29 is 28.5 Å². The minimum absolute atomic E-state index is 0.0358. The van der Waals surface area contributed by atoms with E-state index in [1.807, 2.05) is 37.4 Å². The first-order valence-electron chi connectivity index (χ1n) is 12.7. The molecule has 0 bridgehead atoms. The molecule has 1 aliphatic rings. The van der Waals surface area contributed by atoms with Crippen LogP contribution in [0.2, 0.25) is 0 Å². The molecule has 3 aromatic rings. The maximum atomic E-state index is 13.8. The van der Waals surface area contributed by atoms with Crippen LogP contribution in [0.1, 0.15) is 39.7 Å². The molecular weight excluding hydrogens is 504 g/mol. The molecule has 4 rings (SSSR count). The van der Waals surface area contributed by atoms with Crippen molar-refractivity contribution in [2.24, 2.45) is 0 Å². The quantitative estimate of drug-likeness (QED) is 0.289. The maximum Gasteiger partial charge on any atom is 0.254 e. The van der Waals surface area contributed by atoms with Crippen molar-refractivity contribution in [2.75, 3.05) is 40.2 Å². The Morgan fingerprint density at radius 1 is 1.00 bits per heavy atom. The average molecular weight is 539 g/mol. The zero-order chi connectivity index (χ0) is 26.9. The number of benzene rings is 2. The van der Waals surface area contributed by atoms with E-state index in [0.717, 1.165) is 16.0 Å². The Morgan fingerprint density at radius 2 is 1.79 bits per heavy atom. The first-order chi connectivity index (χ1) is 18.5. The highest BCUT2D eigenvalue weighted by Gasteiger charge is 2.24. The summed E-state index contributed by atoms with van der Waals surface area (Å²) in [5, 5.41) is 2.03. The van der Waals surface area contributed by atoms with Gasteiger partial charge in [-0.2, -0.15) is 0 Å². The monoisotopic (exact) mass is 538 g/mol. The van der Waals surface area contributed by atoms with E-state index in [9.17, 15) is 9.59 Å². The molecule has 0 spiro atoms. The van der Waals surface area contributed by atoms with Crippen molar-refractivity contribution in [3.05, 3.63) is 75.5 Å². The highest BCUT2D eigenvalue weighted by molar-refractivity contribution is 7.10. The summed E-state index contributed by atoms with van der Waals surface area (Å²) >= 11 is 1.62. The second-order valence-electron chi connectivity index (χ2n) is 8.97. The third-order valence-corrected chi connectivity index (χ3v) is 7.34. The van der Waals surface area contributed by atoms with Crippen LogP contribution in [0.15, 0.2) is 53.9 Å². The minimum atomic E-state index is -0.201. The van der Waals surface area contributed by atoms with Gasteiger partial charge in [0, 0.05) is 36.7 Å². The molecule has 1 aromatic heterocycles. The number of aryl methyl sites for hydroxylation is 1. The third-order valence-electron chi connectivity index (χ3n) is 6.34. The van der Waals surface area contributed by atoms with Gasteiger partial charge in [0.2, 0.25) is 12.7 Å². The van der Waals surface area contributed by atoms with E-state index in [4.69, 9.17) is 18.9 Å². The lowest BCUT2D eigenvalue weighted by atomic mass is 10.1. The van der Waals surface area contributed by atoms with Crippen molar-refractivity contribution in [3.8, 4) is 17.2 Å². The second kappa shape index (κ2) is 13.3. The van der Waals surface area contributed by atoms with Crippen molar-refractivity contribution >= 4 is 23.2 Å². The van der Waals surface area contributed by atoms with Gasteiger partial charge >= 0.3 is 0 Å². The number of carbonyl (C=O) groups is 2. The predicted molar refractivity (Wildman–Crippen MR) is 146 cm³/mol. The zero-order valence-corrected chi connectivity index (χ0v) is 22.9. The van der Waals surface area contributed by atoms with Crippen molar-refractivity contribution in [2.45, 2.75) is 33.4 Å². The van der Waals surface area contributed by atoms with Crippen LogP contribution in [0.4, 0.5) is 0 Å².